The highest BCUT2D eigenvalue weighted by Crippen LogP contribution is 2.18. The summed E-state index contributed by atoms with van der Waals surface area (Å²) < 4.78 is 5.68. The number of anilines is 1. The second-order valence-electron chi connectivity index (χ2n) is 6.77. The number of nitrogens with zero attached hydrogens (tertiary/aromatic N) is 2. The number of carbonyl (C=O) groups excluding carboxylic acids is 1. The fraction of sp³-hybridized carbons (Fsp3) is 0.0833. The Labute approximate surface area is 179 Å². The van der Waals surface area contributed by atoms with Gasteiger partial charge < -0.3 is 10.1 Å². The van der Waals surface area contributed by atoms with E-state index in [9.17, 15) is 20.2 Å². The van der Waals surface area contributed by atoms with E-state index in [2.05, 4.69) is 5.32 Å². The Kier molecular flexibility index (Phi) is 6.76. The van der Waals surface area contributed by atoms with Crippen LogP contribution < -0.4 is 10.1 Å². The number of nitriles is 1. The molecule has 0 radical (unpaired) electrons. The van der Waals surface area contributed by atoms with Gasteiger partial charge in [-0.2, -0.15) is 5.26 Å². The lowest BCUT2D eigenvalue weighted by molar-refractivity contribution is -0.384. The molecule has 0 bridgehead atoms. The van der Waals surface area contributed by atoms with Gasteiger partial charge in [-0.15, -0.1) is 0 Å². The normalized spacial score (nSPS) is 10.8. The molecule has 0 aliphatic rings. The standard InChI is InChI=1S/C24H19N3O4/c1-17-3-2-4-21(13-17)26-24(28)20(15-25)14-18-7-11-23(12-8-18)31-16-19-5-9-22(10-6-19)27(29)30/h2-14H,16H2,1H3,(H,26,28)/b20-14-. The third-order valence-corrected chi connectivity index (χ3v) is 4.38. The average Bonchev–Trinajstić information content (AvgIpc) is 2.77. The van der Waals surface area contributed by atoms with Gasteiger partial charge in [-0.25, -0.2) is 0 Å². The van der Waals surface area contributed by atoms with Crippen molar-refractivity contribution >= 4 is 23.4 Å². The Bertz CT molecular complexity index is 1160. The molecular formula is C24H19N3O4. The fourth-order valence-electron chi connectivity index (χ4n) is 2.78. The molecule has 7 nitrogen and oxygen atoms in total. The van der Waals surface area contributed by atoms with Crippen molar-refractivity contribution in [3.05, 3.63) is 105 Å². The summed E-state index contributed by atoms with van der Waals surface area (Å²) in [6.45, 7) is 2.18. The van der Waals surface area contributed by atoms with Crippen molar-refractivity contribution < 1.29 is 14.5 Å². The molecule has 0 atom stereocenters. The van der Waals surface area contributed by atoms with Gasteiger partial charge in [-0.1, -0.05) is 24.3 Å². The highest BCUT2D eigenvalue weighted by atomic mass is 16.6. The van der Waals surface area contributed by atoms with Crippen LogP contribution in [-0.4, -0.2) is 10.8 Å². The molecule has 7 heteroatoms. The van der Waals surface area contributed by atoms with E-state index in [1.165, 1.54) is 18.2 Å². The van der Waals surface area contributed by atoms with Gasteiger partial charge in [-0.05, 0) is 66.1 Å². The first-order valence-corrected chi connectivity index (χ1v) is 9.40. The lowest BCUT2D eigenvalue weighted by atomic mass is 10.1. The summed E-state index contributed by atoms with van der Waals surface area (Å²) in [6.07, 6.45) is 1.51. The minimum absolute atomic E-state index is 0.0129. The molecule has 3 rings (SSSR count). The van der Waals surface area contributed by atoms with E-state index < -0.39 is 10.8 Å². The molecule has 1 N–H and O–H groups in total. The topological polar surface area (TPSA) is 105 Å². The summed E-state index contributed by atoms with van der Waals surface area (Å²) in [4.78, 5) is 22.6. The zero-order valence-electron chi connectivity index (χ0n) is 16.7. The summed E-state index contributed by atoms with van der Waals surface area (Å²) in [5.74, 6) is 0.116. The predicted octanol–water partition coefficient (Wildman–Crippen LogP) is 5.03. The van der Waals surface area contributed by atoms with Crippen molar-refractivity contribution in [2.45, 2.75) is 13.5 Å². The van der Waals surface area contributed by atoms with Crippen LogP contribution in [0.3, 0.4) is 0 Å². The zero-order chi connectivity index (χ0) is 22.2. The number of rotatable bonds is 7. The summed E-state index contributed by atoms with van der Waals surface area (Å²) in [6, 6.07) is 22.3. The third kappa shape index (κ3) is 6.02. The van der Waals surface area contributed by atoms with Crippen LogP contribution >= 0.6 is 0 Å². The van der Waals surface area contributed by atoms with Gasteiger partial charge in [0.2, 0.25) is 0 Å². The molecule has 31 heavy (non-hydrogen) atoms. The summed E-state index contributed by atoms with van der Waals surface area (Å²) in [7, 11) is 0. The zero-order valence-corrected chi connectivity index (χ0v) is 16.7. The van der Waals surface area contributed by atoms with E-state index in [0.717, 1.165) is 11.1 Å². The van der Waals surface area contributed by atoms with Crippen LogP contribution in [0.25, 0.3) is 6.08 Å². The van der Waals surface area contributed by atoms with E-state index in [1.807, 2.05) is 31.2 Å². The Morgan fingerprint density at radius 3 is 2.45 bits per heavy atom. The van der Waals surface area contributed by atoms with Crippen LogP contribution in [0.1, 0.15) is 16.7 Å². The number of ether oxygens (including phenoxy) is 1. The van der Waals surface area contributed by atoms with Crippen molar-refractivity contribution in [2.75, 3.05) is 5.32 Å². The molecule has 0 aromatic heterocycles. The van der Waals surface area contributed by atoms with E-state index in [-0.39, 0.29) is 17.9 Å². The number of carbonyl (C=O) groups is 1. The van der Waals surface area contributed by atoms with E-state index in [1.54, 1.807) is 42.5 Å². The van der Waals surface area contributed by atoms with Gasteiger partial charge >= 0.3 is 0 Å². The lowest BCUT2D eigenvalue weighted by Crippen LogP contribution is -2.13. The van der Waals surface area contributed by atoms with Crippen molar-refractivity contribution in [3.63, 3.8) is 0 Å². The van der Waals surface area contributed by atoms with E-state index in [4.69, 9.17) is 4.74 Å². The Balaban J connectivity index is 1.62. The van der Waals surface area contributed by atoms with E-state index in [0.29, 0.717) is 17.0 Å². The number of non-ortho nitro benzene ring substituents is 1. The molecule has 154 valence electrons. The first kappa shape index (κ1) is 21.3. The molecule has 0 saturated carbocycles. The minimum Gasteiger partial charge on any atom is -0.489 e. The maximum Gasteiger partial charge on any atom is 0.269 e. The Hall–Kier alpha value is -4.44. The molecule has 0 fully saturated rings. The molecule has 0 aliphatic carbocycles. The molecule has 3 aromatic rings. The van der Waals surface area contributed by atoms with Gasteiger partial charge in [0, 0.05) is 17.8 Å². The average molecular weight is 413 g/mol. The van der Waals surface area contributed by atoms with Crippen LogP contribution in [0, 0.1) is 28.4 Å². The highest BCUT2D eigenvalue weighted by Gasteiger charge is 2.10. The van der Waals surface area contributed by atoms with Gasteiger partial charge in [0.25, 0.3) is 11.6 Å². The number of aryl methyl sites for hydroxylation is 1. The van der Waals surface area contributed by atoms with Crippen LogP contribution in [0.4, 0.5) is 11.4 Å². The number of benzene rings is 3. The minimum atomic E-state index is -0.480. The quantitative estimate of drug-likeness (QED) is 0.253. The lowest BCUT2D eigenvalue weighted by Gasteiger charge is -2.07. The molecule has 0 heterocycles. The van der Waals surface area contributed by atoms with Gasteiger partial charge in [0.05, 0.1) is 4.92 Å². The molecule has 1 amide bonds. The van der Waals surface area contributed by atoms with Crippen molar-refractivity contribution in [1.29, 1.82) is 5.26 Å². The van der Waals surface area contributed by atoms with Gasteiger partial charge in [-0.3, -0.25) is 14.9 Å². The van der Waals surface area contributed by atoms with Crippen LogP contribution in [0.2, 0.25) is 0 Å². The van der Waals surface area contributed by atoms with Crippen molar-refractivity contribution in [1.82, 2.24) is 0 Å². The maximum absolute atomic E-state index is 12.4. The van der Waals surface area contributed by atoms with Gasteiger partial charge in [0.1, 0.15) is 24.0 Å². The SMILES string of the molecule is Cc1cccc(NC(=O)/C(C#N)=C\c2ccc(OCc3ccc([N+](=O)[O-])cc3)cc2)c1. The molecule has 3 aromatic carbocycles. The molecule has 0 saturated heterocycles. The first-order chi connectivity index (χ1) is 14.9. The third-order valence-electron chi connectivity index (χ3n) is 4.38. The number of nitro groups is 1. The van der Waals surface area contributed by atoms with E-state index >= 15 is 0 Å². The number of hydrogen-bond donors (Lipinski definition) is 1. The number of nitro benzene ring substituents is 1. The predicted molar refractivity (Wildman–Crippen MR) is 117 cm³/mol. The molecular weight excluding hydrogens is 394 g/mol. The number of hydrogen-bond acceptors (Lipinski definition) is 5. The summed E-state index contributed by atoms with van der Waals surface area (Å²) in [5.41, 5.74) is 3.12. The Morgan fingerprint density at radius 1 is 1.13 bits per heavy atom. The molecule has 0 unspecified atom stereocenters. The molecule has 0 aliphatic heterocycles. The van der Waals surface area contributed by atoms with Crippen molar-refractivity contribution in [2.24, 2.45) is 0 Å². The van der Waals surface area contributed by atoms with Crippen LogP contribution in [0.15, 0.2) is 78.4 Å². The maximum atomic E-state index is 12.4. The second-order valence-corrected chi connectivity index (χ2v) is 6.77. The first-order valence-electron chi connectivity index (χ1n) is 9.40. The fourth-order valence-corrected chi connectivity index (χ4v) is 2.78. The summed E-state index contributed by atoms with van der Waals surface area (Å²) >= 11 is 0. The highest BCUT2D eigenvalue weighted by molar-refractivity contribution is 6.09. The van der Waals surface area contributed by atoms with Gasteiger partial charge in [0.15, 0.2) is 0 Å². The number of amides is 1. The monoisotopic (exact) mass is 413 g/mol. The smallest absolute Gasteiger partial charge is 0.269 e. The number of nitrogens with one attached hydrogen (secondary N) is 1. The molecule has 0 spiro atoms. The van der Waals surface area contributed by atoms with Crippen LogP contribution in [-0.2, 0) is 11.4 Å². The second kappa shape index (κ2) is 9.85. The van der Waals surface area contributed by atoms with Crippen LogP contribution in [0.5, 0.6) is 5.75 Å². The summed E-state index contributed by atoms with van der Waals surface area (Å²) in [5, 5.41) is 22.8. The Morgan fingerprint density at radius 2 is 1.84 bits per heavy atom. The van der Waals surface area contributed by atoms with Crippen molar-refractivity contribution in [3.8, 4) is 11.8 Å². The largest absolute Gasteiger partial charge is 0.489 e.